The highest BCUT2D eigenvalue weighted by atomic mass is 16.6. The predicted octanol–water partition coefficient (Wildman–Crippen LogP) is 1.36. The van der Waals surface area contributed by atoms with Gasteiger partial charge in [0.25, 0.3) is 5.91 Å². The third-order valence-electron chi connectivity index (χ3n) is 3.13. The number of nitro benzene ring substituents is 1. The number of nitrogens with zero attached hydrogens (tertiary/aromatic N) is 1. The molecule has 114 valence electrons. The van der Waals surface area contributed by atoms with Crippen molar-refractivity contribution in [2.45, 2.75) is 32.4 Å². The van der Waals surface area contributed by atoms with Gasteiger partial charge in [0.15, 0.2) is 12.4 Å². The van der Waals surface area contributed by atoms with E-state index in [4.69, 9.17) is 4.74 Å². The van der Waals surface area contributed by atoms with Gasteiger partial charge in [-0.05, 0) is 31.4 Å². The third-order valence-corrected chi connectivity index (χ3v) is 3.13. The van der Waals surface area contributed by atoms with Crippen molar-refractivity contribution < 1.29 is 14.5 Å². The smallest absolute Gasteiger partial charge is 0.310 e. The monoisotopic (exact) mass is 293 g/mol. The number of carbonyl (C=O) groups is 1. The van der Waals surface area contributed by atoms with Crippen LogP contribution in [0, 0.1) is 10.1 Å². The molecular formula is C14H19N3O4. The quantitative estimate of drug-likeness (QED) is 0.557. The molecule has 0 saturated heterocycles. The number of amides is 1. The first-order chi connectivity index (χ1) is 10.1. The Morgan fingerprint density at radius 1 is 1.48 bits per heavy atom. The van der Waals surface area contributed by atoms with Crippen LogP contribution in [0.4, 0.5) is 5.69 Å². The maximum Gasteiger partial charge on any atom is 0.310 e. The number of nitrogens with one attached hydrogen (secondary N) is 2. The molecule has 0 unspecified atom stereocenters. The van der Waals surface area contributed by atoms with Gasteiger partial charge in [-0.3, -0.25) is 14.9 Å². The van der Waals surface area contributed by atoms with Crippen LogP contribution < -0.4 is 15.4 Å². The molecule has 0 spiro atoms. The molecule has 1 fully saturated rings. The molecule has 2 rings (SSSR count). The second-order valence-electron chi connectivity index (χ2n) is 4.96. The van der Waals surface area contributed by atoms with Crippen LogP contribution in [-0.2, 0) is 11.3 Å². The number of likely N-dealkylation sites (N-methyl/N-ethyl adjacent to an activating group) is 1. The van der Waals surface area contributed by atoms with E-state index in [2.05, 4.69) is 10.6 Å². The lowest BCUT2D eigenvalue weighted by Gasteiger charge is -2.09. The fraction of sp³-hybridized carbons (Fsp3) is 0.500. The molecule has 1 aliphatic rings. The van der Waals surface area contributed by atoms with Crippen LogP contribution in [-0.4, -0.2) is 30.0 Å². The lowest BCUT2D eigenvalue weighted by Crippen LogP contribution is -2.28. The van der Waals surface area contributed by atoms with Gasteiger partial charge in [-0.1, -0.05) is 6.07 Å². The molecule has 0 radical (unpaired) electrons. The molecule has 1 aromatic rings. The second kappa shape index (κ2) is 7.03. The number of carbonyl (C=O) groups excluding carboxylic acids is 1. The van der Waals surface area contributed by atoms with E-state index in [9.17, 15) is 14.9 Å². The number of rotatable bonds is 8. The summed E-state index contributed by atoms with van der Waals surface area (Å²) in [5, 5.41) is 16.9. The van der Waals surface area contributed by atoms with Gasteiger partial charge in [0.05, 0.1) is 4.92 Å². The molecule has 0 bridgehead atoms. The lowest BCUT2D eigenvalue weighted by molar-refractivity contribution is -0.385. The van der Waals surface area contributed by atoms with Crippen LogP contribution in [0.2, 0.25) is 0 Å². The topological polar surface area (TPSA) is 93.5 Å². The Bertz CT molecular complexity index is 529. The fourth-order valence-corrected chi connectivity index (χ4v) is 1.88. The fourth-order valence-electron chi connectivity index (χ4n) is 1.88. The highest BCUT2D eigenvalue weighted by Crippen LogP contribution is 2.28. The Kier molecular flexibility index (Phi) is 5.10. The molecule has 0 aromatic heterocycles. The molecule has 21 heavy (non-hydrogen) atoms. The van der Waals surface area contributed by atoms with Crippen molar-refractivity contribution in [1.29, 1.82) is 0 Å². The second-order valence-corrected chi connectivity index (χ2v) is 4.96. The summed E-state index contributed by atoms with van der Waals surface area (Å²) in [6.07, 6.45) is 2.35. The minimum Gasteiger partial charge on any atom is -0.477 e. The molecule has 7 nitrogen and oxygen atoms in total. The molecule has 1 aliphatic carbocycles. The molecule has 7 heteroatoms. The molecule has 1 amide bonds. The van der Waals surface area contributed by atoms with Crippen LogP contribution in [0.25, 0.3) is 0 Å². The first kappa shape index (κ1) is 15.2. The lowest BCUT2D eigenvalue weighted by atomic mass is 10.2. The van der Waals surface area contributed by atoms with Crippen molar-refractivity contribution in [2.24, 2.45) is 0 Å². The van der Waals surface area contributed by atoms with Crippen molar-refractivity contribution in [3.05, 3.63) is 33.9 Å². The zero-order valence-corrected chi connectivity index (χ0v) is 11.9. The Balaban J connectivity index is 2.04. The Morgan fingerprint density at radius 2 is 2.24 bits per heavy atom. The highest BCUT2D eigenvalue weighted by Gasteiger charge is 2.21. The molecule has 1 saturated carbocycles. The van der Waals surface area contributed by atoms with Crippen LogP contribution in [0.5, 0.6) is 5.75 Å². The Morgan fingerprint density at radius 3 is 2.86 bits per heavy atom. The zero-order valence-electron chi connectivity index (χ0n) is 11.9. The van der Waals surface area contributed by atoms with Crippen LogP contribution in [0.1, 0.15) is 25.3 Å². The predicted molar refractivity (Wildman–Crippen MR) is 77.1 cm³/mol. The van der Waals surface area contributed by atoms with Crippen molar-refractivity contribution in [1.82, 2.24) is 10.6 Å². The van der Waals surface area contributed by atoms with Gasteiger partial charge in [-0.15, -0.1) is 0 Å². The summed E-state index contributed by atoms with van der Waals surface area (Å²) in [7, 11) is 0. The minimum atomic E-state index is -0.509. The van der Waals surface area contributed by atoms with Gasteiger partial charge < -0.3 is 15.4 Å². The normalized spacial score (nSPS) is 13.8. The summed E-state index contributed by atoms with van der Waals surface area (Å²) in [5.41, 5.74) is 0.771. The van der Waals surface area contributed by atoms with Gasteiger partial charge in [-0.2, -0.15) is 0 Å². The number of ether oxygens (including phenoxy) is 1. The maximum absolute atomic E-state index is 11.4. The van der Waals surface area contributed by atoms with Crippen molar-refractivity contribution in [3.8, 4) is 5.75 Å². The Hall–Kier alpha value is -2.15. The highest BCUT2D eigenvalue weighted by molar-refractivity contribution is 5.77. The zero-order chi connectivity index (χ0) is 15.2. The van der Waals surface area contributed by atoms with Crippen LogP contribution >= 0.6 is 0 Å². The summed E-state index contributed by atoms with van der Waals surface area (Å²) in [6.45, 7) is 2.70. The molecule has 0 atom stereocenters. The molecular weight excluding hydrogens is 274 g/mol. The number of benzene rings is 1. The summed E-state index contributed by atoms with van der Waals surface area (Å²) < 4.78 is 5.29. The van der Waals surface area contributed by atoms with Gasteiger partial charge in [0.1, 0.15) is 0 Å². The standard InChI is InChI=1S/C14H19N3O4/c1-2-15-14(18)9-21-13-7-10(8-16-11-4-5-11)3-6-12(13)17(19)20/h3,6-7,11,16H,2,4-5,8-9H2,1H3,(H,15,18). The van der Waals surface area contributed by atoms with Crippen LogP contribution in [0.15, 0.2) is 18.2 Å². The minimum absolute atomic E-state index is 0.126. The SMILES string of the molecule is CCNC(=O)COc1cc(CNC2CC2)ccc1[N+](=O)[O-]. The largest absolute Gasteiger partial charge is 0.477 e. The van der Waals surface area contributed by atoms with Crippen molar-refractivity contribution in [3.63, 3.8) is 0 Å². The average Bonchev–Trinajstić information content (AvgIpc) is 3.27. The van der Waals surface area contributed by atoms with E-state index in [-0.39, 0.29) is 24.0 Å². The number of hydrogen-bond donors (Lipinski definition) is 2. The van der Waals surface area contributed by atoms with Gasteiger partial charge in [0, 0.05) is 25.2 Å². The summed E-state index contributed by atoms with van der Waals surface area (Å²) >= 11 is 0. The summed E-state index contributed by atoms with van der Waals surface area (Å²) in [5.74, 6) is -0.172. The van der Waals surface area contributed by atoms with Crippen molar-refractivity contribution >= 4 is 11.6 Å². The molecule has 0 aliphatic heterocycles. The van der Waals surface area contributed by atoms with Gasteiger partial charge in [0.2, 0.25) is 0 Å². The molecule has 0 heterocycles. The van der Waals surface area contributed by atoms with E-state index in [0.717, 1.165) is 5.56 Å². The average molecular weight is 293 g/mol. The van der Waals surface area contributed by atoms with Crippen molar-refractivity contribution in [2.75, 3.05) is 13.2 Å². The van der Waals surface area contributed by atoms with E-state index < -0.39 is 4.92 Å². The van der Waals surface area contributed by atoms with E-state index >= 15 is 0 Å². The number of nitro groups is 1. The van der Waals surface area contributed by atoms with E-state index in [0.29, 0.717) is 19.1 Å². The molecule has 1 aromatic carbocycles. The third kappa shape index (κ3) is 4.71. The van der Waals surface area contributed by atoms with E-state index in [1.165, 1.54) is 18.9 Å². The first-order valence-corrected chi connectivity index (χ1v) is 7.00. The summed E-state index contributed by atoms with van der Waals surface area (Å²) in [6, 6.07) is 5.29. The van der Waals surface area contributed by atoms with Crippen LogP contribution in [0.3, 0.4) is 0 Å². The first-order valence-electron chi connectivity index (χ1n) is 7.00. The summed E-state index contributed by atoms with van der Waals surface area (Å²) in [4.78, 5) is 21.9. The van der Waals surface area contributed by atoms with Gasteiger partial charge >= 0.3 is 5.69 Å². The maximum atomic E-state index is 11.4. The molecule has 2 N–H and O–H groups in total. The Labute approximate surface area is 122 Å². The number of hydrogen-bond acceptors (Lipinski definition) is 5. The van der Waals surface area contributed by atoms with E-state index in [1.54, 1.807) is 19.1 Å². The van der Waals surface area contributed by atoms with E-state index in [1.807, 2.05) is 0 Å². The van der Waals surface area contributed by atoms with Gasteiger partial charge in [-0.25, -0.2) is 0 Å².